The van der Waals surface area contributed by atoms with E-state index in [1.54, 1.807) is 0 Å². The molecule has 0 aliphatic heterocycles. The molecule has 0 atom stereocenters. The van der Waals surface area contributed by atoms with Crippen molar-refractivity contribution >= 4 is 48.7 Å². The van der Waals surface area contributed by atoms with Gasteiger partial charge in [0.2, 0.25) is 10.0 Å². The van der Waals surface area contributed by atoms with Gasteiger partial charge < -0.3 is 0 Å². The molecule has 0 amide bonds. The van der Waals surface area contributed by atoms with Crippen molar-refractivity contribution in [1.29, 1.82) is 0 Å². The van der Waals surface area contributed by atoms with Crippen LogP contribution in [-0.4, -0.2) is 27.8 Å². The van der Waals surface area contributed by atoms with Gasteiger partial charge in [-0.1, -0.05) is 11.6 Å². The molecule has 0 saturated heterocycles. The lowest BCUT2D eigenvalue weighted by Crippen LogP contribution is -2.22. The van der Waals surface area contributed by atoms with Crippen LogP contribution in [-0.2, 0) is 19.9 Å². The number of alkyl halides is 3. The molecule has 0 unspecified atom stereocenters. The number of rotatable bonds is 4. The minimum Gasteiger partial charge on any atom is -0.284 e. The van der Waals surface area contributed by atoms with Gasteiger partial charge in [0.1, 0.15) is 0 Å². The molecule has 0 spiro atoms. The molecule has 11 heteroatoms. The summed E-state index contributed by atoms with van der Waals surface area (Å²) < 4.78 is 67.6. The smallest absolute Gasteiger partial charge is 0.284 e. The van der Waals surface area contributed by atoms with Gasteiger partial charge in [-0.25, -0.2) is 16.8 Å². The van der Waals surface area contributed by atoms with Crippen LogP contribution in [0.1, 0.15) is 0 Å². The lowest BCUT2D eigenvalue weighted by molar-refractivity contribution is 0.187. The van der Waals surface area contributed by atoms with Gasteiger partial charge in [-0.15, -0.1) is 0 Å². The van der Waals surface area contributed by atoms with Gasteiger partial charge >= 0.3 is 4.71 Å². The first-order valence-corrected chi connectivity index (χ1v) is 8.56. The van der Waals surface area contributed by atoms with Crippen molar-refractivity contribution in [3.05, 3.63) is 23.2 Å². The lowest BCUT2D eigenvalue weighted by Gasteiger charge is -2.12. The molecule has 0 heterocycles. The molecule has 0 radical (unpaired) electrons. The molecule has 1 aromatic carbocycles. The monoisotopic (exact) mass is 353 g/mol. The van der Waals surface area contributed by atoms with E-state index < -0.39 is 34.5 Å². The maximum atomic E-state index is 12.7. The number of anilines is 1. The summed E-state index contributed by atoms with van der Waals surface area (Å²) in [7, 11) is -8.75. The van der Waals surface area contributed by atoms with Crippen molar-refractivity contribution < 1.29 is 25.6 Å². The first-order valence-electron chi connectivity index (χ1n) is 4.43. The van der Waals surface area contributed by atoms with E-state index in [2.05, 4.69) is 11.6 Å². The van der Waals surface area contributed by atoms with Crippen molar-refractivity contribution in [2.75, 3.05) is 11.0 Å². The molecule has 5 nitrogen and oxygen atoms in total. The van der Waals surface area contributed by atoms with E-state index in [1.165, 1.54) is 0 Å². The second-order valence-corrected chi connectivity index (χ2v) is 8.28. The third kappa shape index (κ3) is 3.91. The molecule has 0 aliphatic rings. The fourth-order valence-corrected chi connectivity index (χ4v) is 3.22. The summed E-state index contributed by atoms with van der Waals surface area (Å²) in [5.74, 6) is 0. The Hall–Kier alpha value is -0.640. The minimum atomic E-state index is -5.14. The number of hydrogen-bond donors (Lipinski definition) is 1. The van der Waals surface area contributed by atoms with E-state index in [1.807, 2.05) is 4.72 Å². The Bertz CT molecular complexity index is 698. The van der Waals surface area contributed by atoms with Crippen LogP contribution in [0.15, 0.2) is 23.1 Å². The molecule has 1 rings (SSSR count). The van der Waals surface area contributed by atoms with E-state index in [0.717, 1.165) is 24.5 Å². The summed E-state index contributed by atoms with van der Waals surface area (Å²) in [6.45, 7) is 0. The number of hydrogen-bond acceptors (Lipinski definition) is 4. The van der Waals surface area contributed by atoms with Gasteiger partial charge in [0.15, 0.2) is 0 Å². The number of sulfonamides is 1. The van der Waals surface area contributed by atoms with Gasteiger partial charge in [-0.05, 0) is 29.8 Å². The van der Waals surface area contributed by atoms with Crippen LogP contribution in [0.5, 0.6) is 0 Å². The van der Waals surface area contributed by atoms with Crippen molar-refractivity contribution in [3.63, 3.8) is 0 Å². The van der Waals surface area contributed by atoms with Gasteiger partial charge in [0.25, 0.3) is 9.84 Å². The standard InChI is InChI=1S/C8H7Cl2F2NO4S2/c1-18(14,15)13-5-2-3-7(6(9)4-5)19(16,17)8(10,11)12/h2-4,13H,1H3. The topological polar surface area (TPSA) is 80.3 Å². The molecule has 0 bridgehead atoms. The fraction of sp³-hybridized carbons (Fsp3) is 0.250. The Kier molecular flexibility index (Phi) is 4.35. The highest BCUT2D eigenvalue weighted by atomic mass is 35.5. The highest BCUT2D eigenvalue weighted by molar-refractivity contribution is 7.94. The average Bonchev–Trinajstić information content (AvgIpc) is 2.12. The third-order valence-electron chi connectivity index (χ3n) is 1.83. The Morgan fingerprint density at radius 1 is 1.21 bits per heavy atom. The van der Waals surface area contributed by atoms with Crippen LogP contribution < -0.4 is 4.72 Å². The maximum absolute atomic E-state index is 12.7. The van der Waals surface area contributed by atoms with Crippen LogP contribution in [0.4, 0.5) is 14.5 Å². The summed E-state index contributed by atoms with van der Waals surface area (Å²) in [6.07, 6.45) is 0.860. The van der Waals surface area contributed by atoms with Crippen molar-refractivity contribution in [2.24, 2.45) is 0 Å². The van der Waals surface area contributed by atoms with Crippen LogP contribution >= 0.6 is 23.2 Å². The van der Waals surface area contributed by atoms with Gasteiger partial charge in [-0.3, -0.25) is 4.72 Å². The van der Waals surface area contributed by atoms with Crippen molar-refractivity contribution in [1.82, 2.24) is 0 Å². The van der Waals surface area contributed by atoms with E-state index in [9.17, 15) is 25.6 Å². The summed E-state index contributed by atoms with van der Waals surface area (Å²) >= 11 is 10.0. The zero-order valence-electron chi connectivity index (χ0n) is 9.19. The normalized spacial score (nSPS) is 13.3. The molecule has 0 aromatic heterocycles. The molecular weight excluding hydrogens is 347 g/mol. The van der Waals surface area contributed by atoms with Crippen LogP contribution in [0.2, 0.25) is 5.02 Å². The number of benzene rings is 1. The zero-order valence-corrected chi connectivity index (χ0v) is 12.3. The Morgan fingerprint density at radius 3 is 2.11 bits per heavy atom. The maximum Gasteiger partial charge on any atom is 0.427 e. The van der Waals surface area contributed by atoms with Crippen LogP contribution in [0.25, 0.3) is 0 Å². The van der Waals surface area contributed by atoms with E-state index in [-0.39, 0.29) is 5.69 Å². The van der Waals surface area contributed by atoms with Gasteiger partial charge in [0, 0.05) is 0 Å². The summed E-state index contributed by atoms with van der Waals surface area (Å²) in [6, 6.07) is 2.60. The molecule has 0 saturated carbocycles. The Balaban J connectivity index is 3.31. The summed E-state index contributed by atoms with van der Waals surface area (Å²) in [5.41, 5.74) is -0.0654. The number of sulfone groups is 1. The SMILES string of the molecule is CS(=O)(=O)Nc1ccc(S(=O)(=O)C(F)(F)Cl)c(Cl)c1. The molecule has 108 valence electrons. The highest BCUT2D eigenvalue weighted by Gasteiger charge is 2.45. The molecule has 1 N–H and O–H groups in total. The van der Waals surface area contributed by atoms with Crippen molar-refractivity contribution in [2.45, 2.75) is 9.61 Å². The van der Waals surface area contributed by atoms with Crippen LogP contribution in [0.3, 0.4) is 0 Å². The lowest BCUT2D eigenvalue weighted by atomic mass is 10.3. The largest absolute Gasteiger partial charge is 0.427 e. The molecule has 0 aliphatic carbocycles. The third-order valence-corrected chi connectivity index (χ3v) is 5.01. The predicted octanol–water partition coefficient (Wildman–Crippen LogP) is 2.27. The highest BCUT2D eigenvalue weighted by Crippen LogP contribution is 2.36. The van der Waals surface area contributed by atoms with E-state index in [4.69, 9.17) is 11.6 Å². The second kappa shape index (κ2) is 5.04. The Morgan fingerprint density at radius 2 is 1.74 bits per heavy atom. The van der Waals surface area contributed by atoms with Crippen molar-refractivity contribution in [3.8, 4) is 0 Å². The van der Waals surface area contributed by atoms with Gasteiger partial charge in [-0.2, -0.15) is 8.78 Å². The summed E-state index contributed by atoms with van der Waals surface area (Å²) in [5, 5.41) is -0.575. The minimum absolute atomic E-state index is 0.0654. The van der Waals surface area contributed by atoms with Crippen LogP contribution in [0, 0.1) is 0 Å². The first kappa shape index (κ1) is 16.4. The van der Waals surface area contributed by atoms with E-state index in [0.29, 0.717) is 0 Å². The molecule has 0 fully saturated rings. The molecule has 19 heavy (non-hydrogen) atoms. The van der Waals surface area contributed by atoms with Gasteiger partial charge in [0.05, 0.1) is 21.9 Å². The fourth-order valence-electron chi connectivity index (χ4n) is 1.12. The summed E-state index contributed by atoms with van der Waals surface area (Å²) in [4.78, 5) is -0.895. The molecular formula is C8H7Cl2F2NO4S2. The second-order valence-electron chi connectivity index (χ2n) is 3.47. The zero-order chi connectivity index (χ0) is 15.1. The number of halogens is 4. The predicted molar refractivity (Wildman–Crippen MR) is 67.9 cm³/mol. The van der Waals surface area contributed by atoms with E-state index >= 15 is 0 Å². The number of nitrogens with one attached hydrogen (secondary N) is 1. The first-order chi connectivity index (χ1) is 8.34. The molecule has 1 aromatic rings. The average molecular weight is 354 g/mol. The quantitative estimate of drug-likeness (QED) is 0.842. The Labute approximate surface area is 118 Å².